The van der Waals surface area contributed by atoms with Gasteiger partial charge in [0.05, 0.1) is 4.91 Å². The van der Waals surface area contributed by atoms with Gasteiger partial charge in [0.15, 0.2) is 11.5 Å². The number of carbonyl (C=O) groups excluding carboxylic acids is 3. The number of nitrogens with one attached hydrogen (secondary N) is 2. The van der Waals surface area contributed by atoms with Gasteiger partial charge < -0.3 is 20.1 Å². The molecule has 2 N–H and O–H groups in total. The lowest BCUT2D eigenvalue weighted by Gasteiger charge is -2.15. The molecule has 0 saturated carbocycles. The monoisotopic (exact) mass is 469 g/mol. The molecule has 0 unspecified atom stereocenters. The molecule has 3 amide bonds. The number of amides is 3. The summed E-state index contributed by atoms with van der Waals surface area (Å²) in [4.78, 5) is 38.2. The van der Waals surface area contributed by atoms with E-state index in [0.717, 1.165) is 5.56 Å². The van der Waals surface area contributed by atoms with Gasteiger partial charge in [-0.2, -0.15) is 0 Å². The van der Waals surface area contributed by atoms with E-state index in [1.165, 1.54) is 23.6 Å². The Morgan fingerprint density at radius 2 is 1.91 bits per heavy atom. The maximum atomic E-state index is 12.8. The van der Waals surface area contributed by atoms with E-state index >= 15 is 0 Å². The van der Waals surface area contributed by atoms with Crippen molar-refractivity contribution in [3.8, 4) is 11.5 Å². The highest BCUT2D eigenvalue weighted by atomic mass is 32.2. The Balaban J connectivity index is 1.33. The van der Waals surface area contributed by atoms with Crippen LogP contribution in [0, 0.1) is 0 Å². The molecule has 32 heavy (non-hydrogen) atoms. The van der Waals surface area contributed by atoms with E-state index in [-0.39, 0.29) is 37.6 Å². The zero-order chi connectivity index (χ0) is 22.7. The third-order valence-corrected chi connectivity index (χ3v) is 6.03. The number of carbonyl (C=O) groups is 3. The van der Waals surface area contributed by atoms with Gasteiger partial charge >= 0.3 is 0 Å². The van der Waals surface area contributed by atoms with E-state index in [4.69, 9.17) is 21.7 Å². The van der Waals surface area contributed by atoms with Crippen molar-refractivity contribution in [1.29, 1.82) is 0 Å². The molecular formula is C22H19N3O5S2. The van der Waals surface area contributed by atoms with Crippen LogP contribution in [0.15, 0.2) is 47.4 Å². The zero-order valence-corrected chi connectivity index (χ0v) is 18.7. The molecular weight excluding hydrogens is 450 g/mol. The van der Waals surface area contributed by atoms with E-state index in [2.05, 4.69) is 10.6 Å². The Bertz CT molecular complexity index is 1130. The zero-order valence-electron chi connectivity index (χ0n) is 17.0. The number of fused-ring (bicyclic) bond motifs is 1. The minimum Gasteiger partial charge on any atom is -0.454 e. The number of benzene rings is 2. The third-order valence-electron chi connectivity index (χ3n) is 4.66. The fourth-order valence-electron chi connectivity index (χ4n) is 3.14. The standard InChI is InChI=1S/C22H19N3O5S2/c1-13(26)24-16-5-3-15(4-6-16)20(27)23-8-9-25-21(28)19(32-22(25)31)11-14-2-7-17-18(10-14)30-12-29-17/h2-7,10-11H,8-9,12H2,1H3,(H,23,27)(H,24,26)/b19-11-. The van der Waals surface area contributed by atoms with Crippen LogP contribution in [0.4, 0.5) is 5.69 Å². The first-order chi connectivity index (χ1) is 15.4. The molecule has 8 nitrogen and oxygen atoms in total. The Morgan fingerprint density at radius 3 is 2.66 bits per heavy atom. The number of hydrogen-bond donors (Lipinski definition) is 2. The predicted molar refractivity (Wildman–Crippen MR) is 126 cm³/mol. The van der Waals surface area contributed by atoms with Gasteiger partial charge in [0.2, 0.25) is 12.7 Å². The summed E-state index contributed by atoms with van der Waals surface area (Å²) in [5.74, 6) is 0.655. The van der Waals surface area contributed by atoms with Crippen molar-refractivity contribution >= 4 is 57.8 Å². The SMILES string of the molecule is CC(=O)Nc1ccc(C(=O)NCCN2C(=O)/C(=C/c3ccc4c(c3)OCO4)SC2=S)cc1. The number of ether oxygens (including phenoxy) is 2. The molecule has 2 aromatic carbocycles. The first-order valence-corrected chi connectivity index (χ1v) is 10.9. The lowest BCUT2D eigenvalue weighted by Crippen LogP contribution is -2.37. The Labute approximate surface area is 193 Å². The largest absolute Gasteiger partial charge is 0.454 e. The van der Waals surface area contributed by atoms with E-state index in [1.807, 2.05) is 12.1 Å². The topological polar surface area (TPSA) is 97.0 Å². The molecule has 10 heteroatoms. The highest BCUT2D eigenvalue weighted by molar-refractivity contribution is 8.26. The van der Waals surface area contributed by atoms with Crippen molar-refractivity contribution < 1.29 is 23.9 Å². The first-order valence-electron chi connectivity index (χ1n) is 9.71. The van der Waals surface area contributed by atoms with Gasteiger partial charge in [0.25, 0.3) is 11.8 Å². The van der Waals surface area contributed by atoms with E-state index in [0.29, 0.717) is 32.0 Å². The molecule has 0 aromatic heterocycles. The first kappa shape index (κ1) is 21.8. The molecule has 2 aliphatic heterocycles. The number of anilines is 1. The van der Waals surface area contributed by atoms with Crippen LogP contribution in [0.5, 0.6) is 11.5 Å². The van der Waals surface area contributed by atoms with E-state index in [9.17, 15) is 14.4 Å². The molecule has 2 aliphatic rings. The number of thiocarbonyl (C=S) groups is 1. The Hall–Kier alpha value is -3.37. The second kappa shape index (κ2) is 9.41. The molecule has 0 aliphatic carbocycles. The number of thioether (sulfide) groups is 1. The van der Waals surface area contributed by atoms with Crippen LogP contribution >= 0.6 is 24.0 Å². The average molecular weight is 470 g/mol. The second-order valence-electron chi connectivity index (χ2n) is 6.96. The number of hydrogen-bond acceptors (Lipinski definition) is 7. The van der Waals surface area contributed by atoms with Crippen molar-refractivity contribution in [2.24, 2.45) is 0 Å². The van der Waals surface area contributed by atoms with Crippen molar-refractivity contribution in [2.75, 3.05) is 25.2 Å². The molecule has 0 bridgehead atoms. The molecule has 0 atom stereocenters. The van der Waals surface area contributed by atoms with Gasteiger partial charge in [-0.3, -0.25) is 19.3 Å². The summed E-state index contributed by atoms with van der Waals surface area (Å²) in [5.41, 5.74) is 1.87. The van der Waals surface area contributed by atoms with Crippen molar-refractivity contribution in [3.63, 3.8) is 0 Å². The summed E-state index contributed by atoms with van der Waals surface area (Å²) in [5, 5.41) is 5.43. The minimum atomic E-state index is -0.277. The molecule has 164 valence electrons. The van der Waals surface area contributed by atoms with Crippen LogP contribution in [0.3, 0.4) is 0 Å². The van der Waals surface area contributed by atoms with Crippen LogP contribution in [0.2, 0.25) is 0 Å². The third kappa shape index (κ3) is 4.92. The summed E-state index contributed by atoms with van der Waals surface area (Å²) >= 11 is 6.57. The van der Waals surface area contributed by atoms with Gasteiger partial charge in [-0.15, -0.1) is 0 Å². The quantitative estimate of drug-likeness (QED) is 0.496. The van der Waals surface area contributed by atoms with Gasteiger partial charge in [0, 0.05) is 31.3 Å². The normalized spacial score (nSPS) is 15.9. The molecule has 1 saturated heterocycles. The smallest absolute Gasteiger partial charge is 0.266 e. The minimum absolute atomic E-state index is 0.182. The fraction of sp³-hybridized carbons (Fsp3) is 0.182. The van der Waals surface area contributed by atoms with Crippen molar-refractivity contribution in [1.82, 2.24) is 10.2 Å². The molecule has 2 aromatic rings. The highest BCUT2D eigenvalue weighted by Gasteiger charge is 2.31. The van der Waals surface area contributed by atoms with Crippen LogP contribution < -0.4 is 20.1 Å². The summed E-state index contributed by atoms with van der Waals surface area (Å²) in [6.45, 7) is 2.11. The summed E-state index contributed by atoms with van der Waals surface area (Å²) < 4.78 is 11.1. The van der Waals surface area contributed by atoms with E-state index in [1.54, 1.807) is 36.4 Å². The van der Waals surface area contributed by atoms with Crippen molar-refractivity contribution in [2.45, 2.75) is 6.92 Å². The Kier molecular flexibility index (Phi) is 6.42. The van der Waals surface area contributed by atoms with Gasteiger partial charge in [0.1, 0.15) is 4.32 Å². The lowest BCUT2D eigenvalue weighted by atomic mass is 10.2. The van der Waals surface area contributed by atoms with Gasteiger partial charge in [-0.25, -0.2) is 0 Å². The molecule has 2 heterocycles. The van der Waals surface area contributed by atoms with Gasteiger partial charge in [-0.05, 0) is 48.0 Å². The predicted octanol–water partition coefficient (Wildman–Crippen LogP) is 3.00. The van der Waals surface area contributed by atoms with Crippen LogP contribution in [-0.4, -0.2) is 46.8 Å². The van der Waals surface area contributed by atoms with Gasteiger partial charge in [-0.1, -0.05) is 30.0 Å². The van der Waals surface area contributed by atoms with Crippen LogP contribution in [0.25, 0.3) is 6.08 Å². The average Bonchev–Trinajstić information content (AvgIpc) is 3.33. The highest BCUT2D eigenvalue weighted by Crippen LogP contribution is 2.36. The second-order valence-corrected chi connectivity index (χ2v) is 8.64. The summed E-state index contributed by atoms with van der Waals surface area (Å²) in [6.07, 6.45) is 1.76. The molecule has 0 spiro atoms. The van der Waals surface area contributed by atoms with Crippen molar-refractivity contribution in [3.05, 3.63) is 58.5 Å². The molecule has 0 radical (unpaired) electrons. The van der Waals surface area contributed by atoms with Crippen LogP contribution in [-0.2, 0) is 9.59 Å². The summed E-state index contributed by atoms with van der Waals surface area (Å²) in [6, 6.07) is 12.0. The Morgan fingerprint density at radius 1 is 1.16 bits per heavy atom. The van der Waals surface area contributed by atoms with Crippen LogP contribution in [0.1, 0.15) is 22.8 Å². The number of nitrogens with zero attached hydrogens (tertiary/aromatic N) is 1. The molecule has 4 rings (SSSR count). The maximum Gasteiger partial charge on any atom is 0.266 e. The fourth-order valence-corrected chi connectivity index (χ4v) is 4.45. The lowest BCUT2D eigenvalue weighted by molar-refractivity contribution is -0.122. The number of rotatable bonds is 6. The maximum absolute atomic E-state index is 12.8. The van der Waals surface area contributed by atoms with E-state index < -0.39 is 0 Å². The molecule has 1 fully saturated rings. The summed E-state index contributed by atoms with van der Waals surface area (Å²) in [7, 11) is 0.